The molecule has 4 unspecified atom stereocenters. The lowest BCUT2D eigenvalue weighted by atomic mass is 9.90. The summed E-state index contributed by atoms with van der Waals surface area (Å²) in [4.78, 5) is 9.00. The molecule has 0 saturated carbocycles. The third-order valence-corrected chi connectivity index (χ3v) is 5.69. The van der Waals surface area contributed by atoms with E-state index in [-0.39, 0.29) is 0 Å². The van der Waals surface area contributed by atoms with Crippen molar-refractivity contribution in [2.75, 3.05) is 0 Å². The molecule has 4 atom stereocenters. The maximum Gasteiger partial charge on any atom is 0.300 e. The predicted molar refractivity (Wildman–Crippen MR) is 91.1 cm³/mol. The van der Waals surface area contributed by atoms with Crippen LogP contribution >= 0.6 is 11.8 Å². The van der Waals surface area contributed by atoms with Crippen LogP contribution in [0.25, 0.3) is 0 Å². The van der Waals surface area contributed by atoms with Gasteiger partial charge >= 0.3 is 0 Å². The summed E-state index contributed by atoms with van der Waals surface area (Å²) in [5.74, 6) is -0.833. The van der Waals surface area contributed by atoms with Gasteiger partial charge in [0.05, 0.1) is 0 Å². The number of hydrogen-bond acceptors (Lipinski definition) is 4. The van der Waals surface area contributed by atoms with Crippen molar-refractivity contribution in [3.8, 4) is 0 Å². The fourth-order valence-corrected chi connectivity index (χ4v) is 5.05. The highest BCUT2D eigenvalue weighted by molar-refractivity contribution is 8.00. The molecule has 2 bridgehead atoms. The second kappa shape index (κ2) is 9.01. The summed E-state index contributed by atoms with van der Waals surface area (Å²) in [6, 6.07) is 2.78. The number of carboxylic acid groups (broad SMARTS) is 1. The van der Waals surface area contributed by atoms with Crippen LogP contribution in [0.15, 0.2) is 0 Å². The van der Waals surface area contributed by atoms with Crippen molar-refractivity contribution < 1.29 is 9.90 Å². The first-order valence-electron chi connectivity index (χ1n) is 8.16. The van der Waals surface area contributed by atoms with Crippen molar-refractivity contribution in [2.24, 2.45) is 0 Å². The lowest BCUT2D eigenvalue weighted by Crippen LogP contribution is -2.54. The van der Waals surface area contributed by atoms with E-state index in [9.17, 15) is 0 Å². The molecule has 0 aromatic heterocycles. The Morgan fingerprint density at radius 1 is 0.952 bits per heavy atom. The molecule has 2 aliphatic rings. The fourth-order valence-electron chi connectivity index (χ4n) is 3.25. The van der Waals surface area contributed by atoms with Crippen LogP contribution in [0.5, 0.6) is 0 Å². The number of carboxylic acids is 1. The van der Waals surface area contributed by atoms with Gasteiger partial charge < -0.3 is 15.7 Å². The Kier molecular flexibility index (Phi) is 8.06. The SMILES string of the molecule is CC(=O)O.CC(C)NC1CCC2SC1CCC2NC(C)C. The summed E-state index contributed by atoms with van der Waals surface area (Å²) < 4.78 is 0. The second-order valence-corrected chi connectivity index (χ2v) is 8.23. The van der Waals surface area contributed by atoms with Crippen LogP contribution in [0, 0.1) is 0 Å². The molecule has 0 radical (unpaired) electrons. The van der Waals surface area contributed by atoms with Crippen molar-refractivity contribution in [1.29, 1.82) is 0 Å². The topological polar surface area (TPSA) is 61.4 Å². The lowest BCUT2D eigenvalue weighted by Gasteiger charge is -2.45. The third kappa shape index (κ3) is 7.02. The van der Waals surface area contributed by atoms with E-state index in [4.69, 9.17) is 9.90 Å². The van der Waals surface area contributed by atoms with Gasteiger partial charge in [0.25, 0.3) is 5.97 Å². The number of thioether (sulfide) groups is 1. The molecule has 2 saturated heterocycles. The molecule has 3 N–H and O–H groups in total. The van der Waals surface area contributed by atoms with Gasteiger partial charge in [0.15, 0.2) is 0 Å². The molecule has 4 nitrogen and oxygen atoms in total. The lowest BCUT2D eigenvalue weighted by molar-refractivity contribution is -0.134. The van der Waals surface area contributed by atoms with Gasteiger partial charge in [-0.3, -0.25) is 4.79 Å². The summed E-state index contributed by atoms with van der Waals surface area (Å²) in [7, 11) is 0. The molecular formula is C16H32N2O2S. The minimum atomic E-state index is -0.833. The maximum atomic E-state index is 9.00. The van der Waals surface area contributed by atoms with E-state index in [2.05, 4.69) is 50.1 Å². The second-order valence-electron chi connectivity index (χ2n) is 6.74. The highest BCUT2D eigenvalue weighted by Crippen LogP contribution is 2.41. The van der Waals surface area contributed by atoms with Gasteiger partial charge in [0.2, 0.25) is 0 Å². The monoisotopic (exact) mass is 316 g/mol. The van der Waals surface area contributed by atoms with Gasteiger partial charge in [0.1, 0.15) is 0 Å². The van der Waals surface area contributed by atoms with Crippen LogP contribution in [-0.2, 0) is 4.79 Å². The van der Waals surface area contributed by atoms with Crippen LogP contribution in [0.1, 0.15) is 60.3 Å². The quantitative estimate of drug-likeness (QED) is 0.744. The Hall–Kier alpha value is -0.260. The third-order valence-electron chi connectivity index (χ3n) is 3.87. The molecule has 2 aliphatic heterocycles. The van der Waals surface area contributed by atoms with E-state index in [1.165, 1.54) is 25.7 Å². The van der Waals surface area contributed by atoms with E-state index < -0.39 is 5.97 Å². The summed E-state index contributed by atoms with van der Waals surface area (Å²) in [5, 5.41) is 16.6. The number of fused-ring (bicyclic) bond motifs is 2. The van der Waals surface area contributed by atoms with E-state index >= 15 is 0 Å². The zero-order chi connectivity index (χ0) is 16.0. The van der Waals surface area contributed by atoms with Crippen molar-refractivity contribution in [3.05, 3.63) is 0 Å². The maximum absolute atomic E-state index is 9.00. The minimum Gasteiger partial charge on any atom is -0.481 e. The van der Waals surface area contributed by atoms with Gasteiger partial charge in [0, 0.05) is 41.6 Å². The molecule has 0 aromatic carbocycles. The van der Waals surface area contributed by atoms with Crippen LogP contribution in [0.4, 0.5) is 0 Å². The van der Waals surface area contributed by atoms with Crippen molar-refractivity contribution in [1.82, 2.24) is 10.6 Å². The van der Waals surface area contributed by atoms with Crippen molar-refractivity contribution in [3.63, 3.8) is 0 Å². The number of carbonyl (C=O) groups is 1. The molecule has 124 valence electrons. The average molecular weight is 317 g/mol. The summed E-state index contributed by atoms with van der Waals surface area (Å²) in [6.07, 6.45) is 5.51. The average Bonchev–Trinajstić information content (AvgIpc) is 2.34. The Morgan fingerprint density at radius 3 is 1.57 bits per heavy atom. The first kappa shape index (κ1) is 18.8. The Bertz CT molecular complexity index is 295. The standard InChI is InChI=1S/C14H28N2S.C2H4O2/c1-9(2)15-11-5-7-14-12(16-10(3)4)6-8-13(11)17-14;1-2(3)4/h9-16H,5-8H2,1-4H3;1H3,(H,3,4). The predicted octanol–water partition coefficient (Wildman–Crippen LogP) is 2.87. The zero-order valence-corrected chi connectivity index (χ0v) is 14.9. The van der Waals surface area contributed by atoms with Crippen LogP contribution < -0.4 is 10.6 Å². The van der Waals surface area contributed by atoms with Crippen molar-refractivity contribution in [2.45, 2.75) is 95.0 Å². The van der Waals surface area contributed by atoms with Crippen LogP contribution in [0.2, 0.25) is 0 Å². The van der Waals surface area contributed by atoms with E-state index in [0.717, 1.165) is 29.5 Å². The number of aliphatic carboxylic acids is 1. The largest absolute Gasteiger partial charge is 0.481 e. The number of rotatable bonds is 4. The van der Waals surface area contributed by atoms with E-state index in [0.29, 0.717) is 12.1 Å². The first-order chi connectivity index (χ1) is 9.79. The van der Waals surface area contributed by atoms with Gasteiger partial charge in [-0.1, -0.05) is 27.7 Å². The Balaban J connectivity index is 0.000000491. The molecule has 0 aliphatic carbocycles. The normalized spacial score (nSPS) is 31.8. The zero-order valence-electron chi connectivity index (χ0n) is 14.1. The smallest absolute Gasteiger partial charge is 0.300 e. The molecule has 0 aromatic rings. The minimum absolute atomic E-state index is 0.628. The van der Waals surface area contributed by atoms with E-state index in [1.54, 1.807) is 0 Å². The Morgan fingerprint density at radius 2 is 1.29 bits per heavy atom. The molecule has 5 heteroatoms. The van der Waals surface area contributed by atoms with Crippen molar-refractivity contribution >= 4 is 17.7 Å². The highest BCUT2D eigenvalue weighted by Gasteiger charge is 2.39. The summed E-state index contributed by atoms with van der Waals surface area (Å²) in [5.41, 5.74) is 0. The van der Waals surface area contributed by atoms with Crippen LogP contribution in [0.3, 0.4) is 0 Å². The fraction of sp³-hybridized carbons (Fsp3) is 0.938. The van der Waals surface area contributed by atoms with Gasteiger partial charge in [-0.25, -0.2) is 0 Å². The Labute approximate surface area is 133 Å². The molecule has 21 heavy (non-hydrogen) atoms. The number of nitrogens with one attached hydrogen (secondary N) is 2. The molecule has 2 fully saturated rings. The summed E-state index contributed by atoms with van der Waals surface area (Å²) in [6.45, 7) is 10.1. The molecule has 2 heterocycles. The van der Waals surface area contributed by atoms with Gasteiger partial charge in [-0.2, -0.15) is 11.8 Å². The van der Waals surface area contributed by atoms with E-state index in [1.807, 2.05) is 0 Å². The first-order valence-corrected chi connectivity index (χ1v) is 9.11. The molecule has 0 spiro atoms. The van der Waals surface area contributed by atoms with Gasteiger partial charge in [-0.15, -0.1) is 0 Å². The molecular weight excluding hydrogens is 284 g/mol. The highest BCUT2D eigenvalue weighted by atomic mass is 32.2. The summed E-state index contributed by atoms with van der Waals surface area (Å²) >= 11 is 2.25. The molecule has 0 amide bonds. The van der Waals surface area contributed by atoms with Gasteiger partial charge in [-0.05, 0) is 25.7 Å². The van der Waals surface area contributed by atoms with Crippen LogP contribution in [-0.4, -0.2) is 45.7 Å². The molecule has 2 rings (SSSR count). The number of hydrogen-bond donors (Lipinski definition) is 3.